The molecule has 2 N–H and O–H groups in total. The summed E-state index contributed by atoms with van der Waals surface area (Å²) in [6, 6.07) is 10.4. The van der Waals surface area contributed by atoms with E-state index in [1.165, 1.54) is 16.8 Å². The second kappa shape index (κ2) is 8.13. The molecule has 2 aromatic rings. The summed E-state index contributed by atoms with van der Waals surface area (Å²) in [7, 11) is 0. The van der Waals surface area contributed by atoms with E-state index in [1.54, 1.807) is 0 Å². The van der Waals surface area contributed by atoms with Crippen LogP contribution in [0.3, 0.4) is 0 Å². The number of benzene rings is 1. The molecule has 3 rings (SSSR count). The molecule has 1 aliphatic heterocycles. The van der Waals surface area contributed by atoms with Gasteiger partial charge in [0.1, 0.15) is 0 Å². The van der Waals surface area contributed by atoms with Crippen molar-refractivity contribution in [1.29, 1.82) is 0 Å². The number of ether oxygens (including phenoxy) is 1. The predicted octanol–water partition coefficient (Wildman–Crippen LogP) is 2.43. The van der Waals surface area contributed by atoms with Crippen molar-refractivity contribution in [2.75, 3.05) is 26.4 Å². The van der Waals surface area contributed by atoms with Gasteiger partial charge in [0.05, 0.1) is 18.8 Å². The molecule has 1 saturated heterocycles. The van der Waals surface area contributed by atoms with Gasteiger partial charge in [-0.3, -0.25) is 4.68 Å². The van der Waals surface area contributed by atoms with Crippen LogP contribution in [0.25, 0.3) is 0 Å². The fourth-order valence-electron chi connectivity index (χ4n) is 3.66. The van der Waals surface area contributed by atoms with Crippen LogP contribution in [0.2, 0.25) is 0 Å². The highest BCUT2D eigenvalue weighted by Gasteiger charge is 2.34. The van der Waals surface area contributed by atoms with Crippen molar-refractivity contribution in [3.05, 3.63) is 52.8 Å². The average molecular weight is 343 g/mol. The Balaban J connectivity index is 1.63. The molecule has 1 atom stereocenters. The molecule has 0 saturated carbocycles. The van der Waals surface area contributed by atoms with E-state index in [1.807, 2.05) is 6.07 Å². The molecule has 1 aromatic carbocycles. The van der Waals surface area contributed by atoms with E-state index < -0.39 is 0 Å². The van der Waals surface area contributed by atoms with E-state index in [2.05, 4.69) is 48.1 Å². The van der Waals surface area contributed by atoms with E-state index in [9.17, 15) is 5.11 Å². The first-order valence-electron chi connectivity index (χ1n) is 9.10. The molecule has 0 bridgehead atoms. The number of nitrogens with one attached hydrogen (secondary N) is 1. The summed E-state index contributed by atoms with van der Waals surface area (Å²) in [5, 5.41) is 17.6. The average Bonchev–Trinajstić information content (AvgIpc) is 3.17. The van der Waals surface area contributed by atoms with Crippen LogP contribution in [0.1, 0.15) is 35.4 Å². The maximum atomic E-state index is 9.34. The van der Waals surface area contributed by atoms with Crippen LogP contribution >= 0.6 is 0 Å². The minimum Gasteiger partial charge on any atom is -0.396 e. The summed E-state index contributed by atoms with van der Waals surface area (Å²) in [5.41, 5.74) is 4.91. The lowest BCUT2D eigenvalue weighted by Gasteiger charge is -2.26. The van der Waals surface area contributed by atoms with E-state index >= 15 is 0 Å². The van der Waals surface area contributed by atoms with Crippen LogP contribution in [0.5, 0.6) is 0 Å². The largest absolute Gasteiger partial charge is 0.396 e. The van der Waals surface area contributed by atoms with Crippen LogP contribution in [0.4, 0.5) is 0 Å². The summed E-state index contributed by atoms with van der Waals surface area (Å²) in [5.74, 6) is 0. The summed E-state index contributed by atoms with van der Waals surface area (Å²) in [6.45, 7) is 8.46. The SMILES string of the molecule is Cc1nn(Cc2ccccc2)c(C)c1CNCC1(CCO)CCOC1. The van der Waals surface area contributed by atoms with Crippen molar-refractivity contribution in [1.82, 2.24) is 15.1 Å². The highest BCUT2D eigenvalue weighted by molar-refractivity contribution is 5.26. The summed E-state index contributed by atoms with van der Waals surface area (Å²) in [4.78, 5) is 0. The first kappa shape index (κ1) is 18.1. The Morgan fingerprint density at radius 3 is 2.76 bits per heavy atom. The van der Waals surface area contributed by atoms with Gasteiger partial charge in [0.25, 0.3) is 0 Å². The van der Waals surface area contributed by atoms with Gasteiger partial charge in [0, 0.05) is 43.0 Å². The molecule has 0 amide bonds. The Bertz CT molecular complexity index is 676. The molecule has 1 unspecified atom stereocenters. The van der Waals surface area contributed by atoms with Gasteiger partial charge in [-0.25, -0.2) is 0 Å². The van der Waals surface area contributed by atoms with Crippen LogP contribution in [0, 0.1) is 19.3 Å². The quantitative estimate of drug-likeness (QED) is 0.773. The minimum atomic E-state index is 0.0800. The number of aryl methyl sites for hydroxylation is 1. The maximum absolute atomic E-state index is 9.34. The number of hydrogen-bond acceptors (Lipinski definition) is 4. The molecule has 1 aromatic heterocycles. The van der Waals surface area contributed by atoms with Gasteiger partial charge in [-0.2, -0.15) is 5.10 Å². The molecule has 25 heavy (non-hydrogen) atoms. The standard InChI is InChI=1S/C20H29N3O2/c1-16-19(12-21-14-20(8-10-24)9-11-25-15-20)17(2)23(22-16)13-18-6-4-3-5-7-18/h3-7,21,24H,8-15H2,1-2H3. The molecule has 0 radical (unpaired) electrons. The topological polar surface area (TPSA) is 59.3 Å². The molecular weight excluding hydrogens is 314 g/mol. The van der Waals surface area contributed by atoms with Crippen LogP contribution in [-0.2, 0) is 17.8 Å². The number of aliphatic hydroxyl groups is 1. The van der Waals surface area contributed by atoms with Gasteiger partial charge < -0.3 is 15.2 Å². The maximum Gasteiger partial charge on any atom is 0.0662 e. The van der Waals surface area contributed by atoms with Crippen molar-refractivity contribution in [3.8, 4) is 0 Å². The number of nitrogens with zero attached hydrogens (tertiary/aromatic N) is 2. The van der Waals surface area contributed by atoms with Crippen molar-refractivity contribution >= 4 is 0 Å². The fraction of sp³-hybridized carbons (Fsp3) is 0.550. The molecule has 136 valence electrons. The molecule has 5 nitrogen and oxygen atoms in total. The van der Waals surface area contributed by atoms with Crippen molar-refractivity contribution < 1.29 is 9.84 Å². The normalized spacial score (nSPS) is 20.3. The van der Waals surface area contributed by atoms with Gasteiger partial charge in [-0.05, 0) is 32.3 Å². The second-order valence-electron chi connectivity index (χ2n) is 7.17. The van der Waals surface area contributed by atoms with Gasteiger partial charge in [-0.15, -0.1) is 0 Å². The smallest absolute Gasteiger partial charge is 0.0662 e. The van der Waals surface area contributed by atoms with Gasteiger partial charge in [0.15, 0.2) is 0 Å². The Morgan fingerprint density at radius 1 is 1.28 bits per heavy atom. The Labute approximate surface area is 150 Å². The Morgan fingerprint density at radius 2 is 2.08 bits per heavy atom. The summed E-state index contributed by atoms with van der Waals surface area (Å²) >= 11 is 0. The Hall–Kier alpha value is -1.69. The lowest BCUT2D eigenvalue weighted by atomic mass is 9.84. The van der Waals surface area contributed by atoms with Gasteiger partial charge >= 0.3 is 0 Å². The van der Waals surface area contributed by atoms with Crippen LogP contribution in [-0.4, -0.2) is 41.3 Å². The van der Waals surface area contributed by atoms with E-state index in [0.717, 1.165) is 51.4 Å². The van der Waals surface area contributed by atoms with E-state index in [0.29, 0.717) is 0 Å². The van der Waals surface area contributed by atoms with Gasteiger partial charge in [0.2, 0.25) is 0 Å². The molecule has 2 heterocycles. The van der Waals surface area contributed by atoms with Crippen molar-refractivity contribution in [3.63, 3.8) is 0 Å². The third kappa shape index (κ3) is 4.29. The second-order valence-corrected chi connectivity index (χ2v) is 7.17. The molecule has 5 heteroatoms. The lowest BCUT2D eigenvalue weighted by molar-refractivity contribution is 0.124. The highest BCUT2D eigenvalue weighted by Crippen LogP contribution is 2.31. The lowest BCUT2D eigenvalue weighted by Crippen LogP contribution is -2.35. The number of aliphatic hydroxyl groups excluding tert-OH is 1. The third-order valence-corrected chi connectivity index (χ3v) is 5.34. The molecule has 1 aliphatic rings. The first-order valence-corrected chi connectivity index (χ1v) is 9.10. The first-order chi connectivity index (χ1) is 12.1. The fourth-order valence-corrected chi connectivity index (χ4v) is 3.66. The molecular formula is C20H29N3O2. The predicted molar refractivity (Wildman–Crippen MR) is 98.5 cm³/mol. The van der Waals surface area contributed by atoms with Gasteiger partial charge in [-0.1, -0.05) is 30.3 Å². The van der Waals surface area contributed by atoms with E-state index in [-0.39, 0.29) is 12.0 Å². The van der Waals surface area contributed by atoms with Crippen molar-refractivity contribution in [2.45, 2.75) is 39.8 Å². The van der Waals surface area contributed by atoms with Crippen LogP contribution in [0.15, 0.2) is 30.3 Å². The Kier molecular flexibility index (Phi) is 5.89. The summed E-state index contributed by atoms with van der Waals surface area (Å²) < 4.78 is 7.65. The number of hydrogen-bond donors (Lipinski definition) is 2. The molecule has 1 fully saturated rings. The van der Waals surface area contributed by atoms with Crippen molar-refractivity contribution in [2.24, 2.45) is 5.41 Å². The highest BCUT2D eigenvalue weighted by atomic mass is 16.5. The monoisotopic (exact) mass is 343 g/mol. The van der Waals surface area contributed by atoms with Crippen LogP contribution < -0.4 is 5.32 Å². The molecule has 0 spiro atoms. The zero-order chi connectivity index (χ0) is 17.7. The van der Waals surface area contributed by atoms with E-state index in [4.69, 9.17) is 9.84 Å². The number of aromatic nitrogens is 2. The number of rotatable bonds is 8. The third-order valence-electron chi connectivity index (χ3n) is 5.34. The zero-order valence-corrected chi connectivity index (χ0v) is 15.3. The minimum absolute atomic E-state index is 0.0800. The summed E-state index contributed by atoms with van der Waals surface area (Å²) in [6.07, 6.45) is 1.82. The molecule has 0 aliphatic carbocycles. The zero-order valence-electron chi connectivity index (χ0n) is 15.3.